The van der Waals surface area contributed by atoms with E-state index in [1.54, 1.807) is 12.1 Å². The molecule has 1 aromatic carbocycles. The van der Waals surface area contributed by atoms with Gasteiger partial charge in [-0.25, -0.2) is 5.84 Å². The van der Waals surface area contributed by atoms with Gasteiger partial charge in [0.05, 0.1) is 6.61 Å². The lowest BCUT2D eigenvalue weighted by molar-refractivity contribution is 0.0943. The summed E-state index contributed by atoms with van der Waals surface area (Å²) in [6, 6.07) is 8.02. The summed E-state index contributed by atoms with van der Waals surface area (Å²) < 4.78 is 0. The third-order valence-electron chi connectivity index (χ3n) is 3.71. The van der Waals surface area contributed by atoms with E-state index in [2.05, 4.69) is 10.3 Å². The Morgan fingerprint density at radius 1 is 1.37 bits per heavy atom. The molecule has 0 atom stereocenters. The van der Waals surface area contributed by atoms with Gasteiger partial charge in [-0.2, -0.15) is 0 Å². The molecule has 5 heteroatoms. The summed E-state index contributed by atoms with van der Waals surface area (Å²) in [6.07, 6.45) is 3.71. The molecule has 104 valence electrons. The monoisotopic (exact) mass is 263 g/mol. The number of amides is 1. The number of aliphatic hydroxyl groups is 1. The summed E-state index contributed by atoms with van der Waals surface area (Å²) in [7, 11) is 0. The number of nitrogens with zero attached hydrogens (tertiary/aromatic N) is 1. The van der Waals surface area contributed by atoms with Crippen LogP contribution in [0.4, 0.5) is 0 Å². The molecule has 0 heterocycles. The van der Waals surface area contributed by atoms with Gasteiger partial charge in [0, 0.05) is 24.7 Å². The number of hydrazine groups is 1. The van der Waals surface area contributed by atoms with Gasteiger partial charge in [0.25, 0.3) is 5.91 Å². The van der Waals surface area contributed by atoms with E-state index in [0.717, 1.165) is 12.1 Å². The minimum Gasteiger partial charge on any atom is -0.395 e. The number of nitrogen functional groups attached to an aromatic ring is 1. The molecule has 0 spiro atoms. The first-order valence-corrected chi connectivity index (χ1v) is 6.69. The van der Waals surface area contributed by atoms with Gasteiger partial charge in [-0.05, 0) is 30.5 Å². The number of carbonyl (C=O) groups is 1. The molecule has 4 N–H and O–H groups in total. The fourth-order valence-corrected chi connectivity index (χ4v) is 2.35. The minimum atomic E-state index is -0.280. The first-order chi connectivity index (χ1) is 9.24. The van der Waals surface area contributed by atoms with Crippen molar-refractivity contribution in [2.45, 2.75) is 31.8 Å². The Hall–Kier alpha value is -1.43. The van der Waals surface area contributed by atoms with Crippen LogP contribution in [0, 0.1) is 0 Å². The number of carbonyl (C=O) groups excluding carboxylic acids is 1. The summed E-state index contributed by atoms with van der Waals surface area (Å²) in [5.74, 6) is 4.81. The Bertz CT molecular complexity index is 415. The molecule has 1 fully saturated rings. The third-order valence-corrected chi connectivity index (χ3v) is 3.71. The highest BCUT2D eigenvalue weighted by molar-refractivity contribution is 5.93. The van der Waals surface area contributed by atoms with Gasteiger partial charge < -0.3 is 5.11 Å². The van der Waals surface area contributed by atoms with Crippen molar-refractivity contribution in [3.8, 4) is 0 Å². The second-order valence-corrected chi connectivity index (χ2v) is 4.95. The Balaban J connectivity index is 1.98. The van der Waals surface area contributed by atoms with Gasteiger partial charge in [0.1, 0.15) is 0 Å². The molecule has 0 unspecified atom stereocenters. The minimum absolute atomic E-state index is 0.185. The van der Waals surface area contributed by atoms with Crippen LogP contribution in [0.5, 0.6) is 0 Å². The number of benzene rings is 1. The van der Waals surface area contributed by atoms with Gasteiger partial charge >= 0.3 is 0 Å². The summed E-state index contributed by atoms with van der Waals surface area (Å²) in [6.45, 7) is 1.70. The smallest absolute Gasteiger partial charge is 0.265 e. The zero-order valence-electron chi connectivity index (χ0n) is 11.0. The predicted molar refractivity (Wildman–Crippen MR) is 73.2 cm³/mol. The number of hydrogen-bond donors (Lipinski definition) is 3. The highest BCUT2D eigenvalue weighted by Gasteiger charge is 2.24. The molecule has 1 aliphatic carbocycles. The molecule has 0 aliphatic heterocycles. The molecule has 5 nitrogen and oxygen atoms in total. The number of aliphatic hydroxyl groups excluding tert-OH is 1. The summed E-state index contributed by atoms with van der Waals surface area (Å²) in [5, 5.41) is 9.12. The second-order valence-electron chi connectivity index (χ2n) is 4.95. The van der Waals surface area contributed by atoms with Crippen molar-refractivity contribution in [3.63, 3.8) is 0 Å². The number of rotatable bonds is 6. The van der Waals surface area contributed by atoms with E-state index in [0.29, 0.717) is 18.2 Å². The van der Waals surface area contributed by atoms with Crippen molar-refractivity contribution >= 4 is 5.91 Å². The van der Waals surface area contributed by atoms with Crippen molar-refractivity contribution in [2.75, 3.05) is 13.2 Å². The van der Waals surface area contributed by atoms with E-state index in [1.807, 2.05) is 12.1 Å². The van der Waals surface area contributed by atoms with E-state index in [9.17, 15) is 4.79 Å². The van der Waals surface area contributed by atoms with Crippen molar-refractivity contribution in [1.82, 2.24) is 10.3 Å². The van der Waals surface area contributed by atoms with Gasteiger partial charge in [0.2, 0.25) is 0 Å². The SMILES string of the molecule is NNC(=O)c1ccc(CN(CCO)C2CCC2)cc1. The Labute approximate surface area is 113 Å². The van der Waals surface area contributed by atoms with Crippen LogP contribution in [-0.4, -0.2) is 35.1 Å². The molecule has 0 saturated heterocycles. The number of nitrogens with one attached hydrogen (secondary N) is 1. The van der Waals surface area contributed by atoms with E-state index in [1.165, 1.54) is 19.3 Å². The van der Waals surface area contributed by atoms with E-state index >= 15 is 0 Å². The van der Waals surface area contributed by atoms with Crippen LogP contribution in [0.15, 0.2) is 24.3 Å². The van der Waals surface area contributed by atoms with Crippen LogP contribution in [0.25, 0.3) is 0 Å². The molecule has 0 radical (unpaired) electrons. The molecule has 0 aromatic heterocycles. The Kier molecular flexibility index (Phi) is 4.90. The maximum Gasteiger partial charge on any atom is 0.265 e. The topological polar surface area (TPSA) is 78.6 Å². The lowest BCUT2D eigenvalue weighted by Crippen LogP contribution is -2.41. The highest BCUT2D eigenvalue weighted by Crippen LogP contribution is 2.25. The molecule has 19 heavy (non-hydrogen) atoms. The fourth-order valence-electron chi connectivity index (χ4n) is 2.35. The van der Waals surface area contributed by atoms with Crippen molar-refractivity contribution < 1.29 is 9.90 Å². The van der Waals surface area contributed by atoms with Crippen molar-refractivity contribution in [3.05, 3.63) is 35.4 Å². The van der Waals surface area contributed by atoms with Gasteiger partial charge in [-0.15, -0.1) is 0 Å². The molecule has 2 rings (SSSR count). The average Bonchev–Trinajstić information content (AvgIpc) is 2.37. The second kappa shape index (κ2) is 6.65. The molecule has 1 aliphatic rings. The number of hydrogen-bond acceptors (Lipinski definition) is 4. The maximum atomic E-state index is 11.3. The normalized spacial score (nSPS) is 15.3. The van der Waals surface area contributed by atoms with Crippen LogP contribution in [0.1, 0.15) is 35.2 Å². The fraction of sp³-hybridized carbons (Fsp3) is 0.500. The molecule has 1 aromatic rings. The van der Waals surface area contributed by atoms with E-state index in [4.69, 9.17) is 10.9 Å². The van der Waals surface area contributed by atoms with E-state index in [-0.39, 0.29) is 12.5 Å². The van der Waals surface area contributed by atoms with Crippen molar-refractivity contribution in [1.29, 1.82) is 0 Å². The van der Waals surface area contributed by atoms with Gasteiger partial charge in [0.15, 0.2) is 0 Å². The summed E-state index contributed by atoms with van der Waals surface area (Å²) in [5.41, 5.74) is 3.82. The molecule has 0 bridgehead atoms. The highest BCUT2D eigenvalue weighted by atomic mass is 16.3. The molecular formula is C14H21N3O2. The lowest BCUT2D eigenvalue weighted by Gasteiger charge is -2.37. The van der Waals surface area contributed by atoms with Gasteiger partial charge in [-0.3, -0.25) is 15.1 Å². The predicted octanol–water partition coefficient (Wildman–Crippen LogP) is 0.637. The molecular weight excluding hydrogens is 242 g/mol. The zero-order chi connectivity index (χ0) is 13.7. The van der Waals surface area contributed by atoms with Crippen LogP contribution < -0.4 is 11.3 Å². The maximum absolute atomic E-state index is 11.3. The Morgan fingerprint density at radius 3 is 2.53 bits per heavy atom. The van der Waals surface area contributed by atoms with E-state index < -0.39 is 0 Å². The van der Waals surface area contributed by atoms with Crippen LogP contribution in [-0.2, 0) is 6.54 Å². The lowest BCUT2D eigenvalue weighted by atomic mass is 9.91. The first-order valence-electron chi connectivity index (χ1n) is 6.69. The first kappa shape index (κ1) is 14.0. The van der Waals surface area contributed by atoms with Gasteiger partial charge in [-0.1, -0.05) is 18.6 Å². The van der Waals surface area contributed by atoms with Crippen LogP contribution in [0.3, 0.4) is 0 Å². The third kappa shape index (κ3) is 3.53. The van der Waals surface area contributed by atoms with Crippen LogP contribution in [0.2, 0.25) is 0 Å². The number of nitrogens with two attached hydrogens (primary N) is 1. The van der Waals surface area contributed by atoms with Crippen LogP contribution >= 0.6 is 0 Å². The Morgan fingerprint density at radius 2 is 2.05 bits per heavy atom. The zero-order valence-corrected chi connectivity index (χ0v) is 11.0. The standard InChI is InChI=1S/C14H21N3O2/c15-16-14(19)12-6-4-11(5-7-12)10-17(8-9-18)13-2-1-3-13/h4-7,13,18H,1-3,8-10,15H2,(H,16,19). The molecule has 1 amide bonds. The summed E-state index contributed by atoms with van der Waals surface area (Å²) >= 11 is 0. The van der Waals surface area contributed by atoms with Crippen molar-refractivity contribution in [2.24, 2.45) is 5.84 Å². The molecule has 1 saturated carbocycles. The largest absolute Gasteiger partial charge is 0.395 e. The quantitative estimate of drug-likeness (QED) is 0.400. The average molecular weight is 263 g/mol. The summed E-state index contributed by atoms with van der Waals surface area (Å²) in [4.78, 5) is 13.6.